The van der Waals surface area contributed by atoms with Crippen LogP contribution >= 0.6 is 11.6 Å². The van der Waals surface area contributed by atoms with Crippen molar-refractivity contribution in [3.63, 3.8) is 0 Å². The van der Waals surface area contributed by atoms with Gasteiger partial charge in [0.2, 0.25) is 0 Å². The van der Waals surface area contributed by atoms with Gasteiger partial charge in [-0.15, -0.1) is 0 Å². The minimum Gasteiger partial charge on any atom is -0.0830 e. The quantitative estimate of drug-likeness (QED) is 0.228. The lowest BCUT2D eigenvalue weighted by atomic mass is 9.91. The Hall–Kier alpha value is -2.31. The van der Waals surface area contributed by atoms with E-state index in [9.17, 15) is 0 Å². The maximum Gasteiger partial charge on any atom is 0.0563 e. The summed E-state index contributed by atoms with van der Waals surface area (Å²) in [6.45, 7) is 0. The second-order valence-electron chi connectivity index (χ2n) is 5.54. The molecule has 98 valence electrons. The lowest BCUT2D eigenvalue weighted by Gasteiger charge is -2.14. The van der Waals surface area contributed by atoms with E-state index < -0.39 is 0 Å². The molecule has 0 atom stereocenters. The SMILES string of the molecule is Clc1c2ccccc2c2ccc3cccc4ccc1c2c43. The molecule has 0 nitrogen and oxygen atoms in total. The van der Waals surface area contributed by atoms with Gasteiger partial charge in [0.05, 0.1) is 5.02 Å². The Morgan fingerprint density at radius 3 is 1.90 bits per heavy atom. The molecule has 0 saturated carbocycles. The third kappa shape index (κ3) is 1.36. The van der Waals surface area contributed by atoms with Gasteiger partial charge in [-0.2, -0.15) is 0 Å². The van der Waals surface area contributed by atoms with Crippen molar-refractivity contribution < 1.29 is 0 Å². The second-order valence-corrected chi connectivity index (χ2v) is 5.92. The first-order valence-electron chi connectivity index (χ1n) is 7.08. The molecule has 1 heteroatoms. The van der Waals surface area contributed by atoms with E-state index in [1.165, 1.54) is 32.3 Å². The molecule has 0 aromatic heterocycles. The number of rotatable bonds is 0. The predicted octanol–water partition coefficient (Wildman–Crippen LogP) is 6.39. The molecular formula is C20H11Cl. The summed E-state index contributed by atoms with van der Waals surface area (Å²) in [6, 6.07) is 23.6. The van der Waals surface area contributed by atoms with Crippen molar-refractivity contribution in [1.82, 2.24) is 0 Å². The van der Waals surface area contributed by atoms with Gasteiger partial charge in [0.1, 0.15) is 0 Å². The van der Waals surface area contributed by atoms with Crippen LogP contribution in [0.3, 0.4) is 0 Å². The van der Waals surface area contributed by atoms with Gasteiger partial charge >= 0.3 is 0 Å². The summed E-state index contributed by atoms with van der Waals surface area (Å²) >= 11 is 6.70. The zero-order chi connectivity index (χ0) is 14.0. The third-order valence-electron chi connectivity index (χ3n) is 4.47. The van der Waals surface area contributed by atoms with Crippen molar-refractivity contribution in [3.05, 3.63) is 71.8 Å². The van der Waals surface area contributed by atoms with Crippen molar-refractivity contribution in [2.75, 3.05) is 0 Å². The number of hydrogen-bond acceptors (Lipinski definition) is 0. The van der Waals surface area contributed by atoms with Crippen LogP contribution in [0, 0.1) is 0 Å². The van der Waals surface area contributed by atoms with Crippen LogP contribution in [0.15, 0.2) is 66.7 Å². The summed E-state index contributed by atoms with van der Waals surface area (Å²) < 4.78 is 0. The van der Waals surface area contributed by atoms with E-state index in [1.54, 1.807) is 0 Å². The van der Waals surface area contributed by atoms with Crippen LogP contribution in [0.5, 0.6) is 0 Å². The lowest BCUT2D eigenvalue weighted by Crippen LogP contribution is -1.86. The number of fused-ring (bicyclic) bond motifs is 2. The fourth-order valence-corrected chi connectivity index (χ4v) is 3.87. The van der Waals surface area contributed by atoms with Crippen molar-refractivity contribution in [2.45, 2.75) is 0 Å². The molecule has 0 N–H and O–H groups in total. The van der Waals surface area contributed by atoms with Crippen molar-refractivity contribution in [2.24, 2.45) is 0 Å². The molecule has 0 spiro atoms. The molecule has 0 aliphatic heterocycles. The normalized spacial score (nSPS) is 12.0. The molecule has 0 aliphatic carbocycles. The van der Waals surface area contributed by atoms with Gasteiger partial charge in [0.25, 0.3) is 0 Å². The number of halogens is 1. The van der Waals surface area contributed by atoms with Gasteiger partial charge in [-0.3, -0.25) is 0 Å². The standard InChI is InChI=1S/C20H11Cl/c21-20-16-7-2-1-6-14(16)15-10-8-12-4-3-5-13-9-11-17(20)19(15)18(12)13/h1-11H. The van der Waals surface area contributed by atoms with Gasteiger partial charge in [-0.05, 0) is 32.3 Å². The van der Waals surface area contributed by atoms with E-state index in [1.807, 2.05) is 6.07 Å². The molecule has 0 saturated heterocycles. The molecule has 5 aromatic carbocycles. The summed E-state index contributed by atoms with van der Waals surface area (Å²) in [6.07, 6.45) is 0. The smallest absolute Gasteiger partial charge is 0.0563 e. The Balaban J connectivity index is 2.26. The first-order chi connectivity index (χ1) is 10.3. The van der Waals surface area contributed by atoms with E-state index in [0.717, 1.165) is 15.8 Å². The third-order valence-corrected chi connectivity index (χ3v) is 4.87. The van der Waals surface area contributed by atoms with Crippen LogP contribution in [-0.4, -0.2) is 0 Å². The average molecular weight is 287 g/mol. The van der Waals surface area contributed by atoms with Crippen molar-refractivity contribution in [3.8, 4) is 0 Å². The minimum atomic E-state index is 0.858. The number of hydrogen-bond donors (Lipinski definition) is 0. The van der Waals surface area contributed by atoms with Crippen LogP contribution in [-0.2, 0) is 0 Å². The highest BCUT2D eigenvalue weighted by atomic mass is 35.5. The van der Waals surface area contributed by atoms with Crippen LogP contribution in [0.4, 0.5) is 0 Å². The van der Waals surface area contributed by atoms with Crippen LogP contribution < -0.4 is 0 Å². The molecule has 5 rings (SSSR count). The van der Waals surface area contributed by atoms with Gasteiger partial charge in [-0.25, -0.2) is 0 Å². The largest absolute Gasteiger partial charge is 0.0830 e. The average Bonchev–Trinajstić information content (AvgIpc) is 2.55. The summed E-state index contributed by atoms with van der Waals surface area (Å²) in [7, 11) is 0. The van der Waals surface area contributed by atoms with Crippen LogP contribution in [0.25, 0.3) is 43.1 Å². The van der Waals surface area contributed by atoms with Crippen molar-refractivity contribution >= 4 is 54.7 Å². The predicted molar refractivity (Wildman–Crippen MR) is 92.7 cm³/mol. The van der Waals surface area contributed by atoms with Gasteiger partial charge in [-0.1, -0.05) is 78.3 Å². The van der Waals surface area contributed by atoms with Gasteiger partial charge < -0.3 is 0 Å². The fourth-order valence-electron chi connectivity index (χ4n) is 3.54. The summed E-state index contributed by atoms with van der Waals surface area (Å²) in [5.74, 6) is 0. The Labute approximate surface area is 126 Å². The van der Waals surface area contributed by atoms with E-state index in [0.29, 0.717) is 0 Å². The van der Waals surface area contributed by atoms with Gasteiger partial charge in [0.15, 0.2) is 0 Å². The maximum atomic E-state index is 6.70. The molecule has 0 bridgehead atoms. The summed E-state index contributed by atoms with van der Waals surface area (Å²) in [5, 5.41) is 10.8. The zero-order valence-corrected chi connectivity index (χ0v) is 12.0. The maximum absolute atomic E-state index is 6.70. The minimum absolute atomic E-state index is 0.858. The number of benzene rings is 5. The first kappa shape index (κ1) is 11.4. The van der Waals surface area contributed by atoms with Crippen LogP contribution in [0.2, 0.25) is 5.02 Å². The molecule has 0 aliphatic rings. The Morgan fingerprint density at radius 1 is 0.476 bits per heavy atom. The van der Waals surface area contributed by atoms with E-state index in [2.05, 4.69) is 60.7 Å². The zero-order valence-electron chi connectivity index (χ0n) is 11.2. The Morgan fingerprint density at radius 2 is 1.14 bits per heavy atom. The fraction of sp³-hybridized carbons (Fsp3) is 0. The molecule has 0 radical (unpaired) electrons. The highest BCUT2D eigenvalue weighted by Crippen LogP contribution is 2.42. The highest BCUT2D eigenvalue weighted by molar-refractivity contribution is 6.45. The Bertz CT molecular complexity index is 1120. The second kappa shape index (κ2) is 3.87. The molecule has 0 fully saturated rings. The molecule has 0 unspecified atom stereocenters. The molecule has 21 heavy (non-hydrogen) atoms. The van der Waals surface area contributed by atoms with E-state index in [4.69, 9.17) is 11.6 Å². The summed E-state index contributed by atoms with van der Waals surface area (Å²) in [5.41, 5.74) is 0. The van der Waals surface area contributed by atoms with Crippen molar-refractivity contribution in [1.29, 1.82) is 0 Å². The Kier molecular flexibility index (Phi) is 2.09. The first-order valence-corrected chi connectivity index (χ1v) is 7.46. The molecule has 0 heterocycles. The van der Waals surface area contributed by atoms with Crippen LogP contribution in [0.1, 0.15) is 0 Å². The van der Waals surface area contributed by atoms with E-state index >= 15 is 0 Å². The summed E-state index contributed by atoms with van der Waals surface area (Å²) in [4.78, 5) is 0. The molecular weight excluding hydrogens is 276 g/mol. The molecule has 5 aromatic rings. The lowest BCUT2D eigenvalue weighted by molar-refractivity contribution is 1.78. The molecule has 0 amide bonds. The van der Waals surface area contributed by atoms with Gasteiger partial charge in [0, 0.05) is 10.8 Å². The van der Waals surface area contributed by atoms with E-state index in [-0.39, 0.29) is 0 Å². The monoisotopic (exact) mass is 286 g/mol. The highest BCUT2D eigenvalue weighted by Gasteiger charge is 2.13. The topological polar surface area (TPSA) is 0 Å².